The molecule has 3 aliphatic heterocycles. The van der Waals surface area contributed by atoms with E-state index in [9.17, 15) is 56.2 Å². The first-order valence-electron chi connectivity index (χ1n) is 12.8. The van der Waals surface area contributed by atoms with Crippen molar-refractivity contribution in [3.8, 4) is 0 Å². The Labute approximate surface area is 235 Å². The largest absolute Gasteiger partial charge is 0.394 e. The van der Waals surface area contributed by atoms with Crippen LogP contribution in [0.25, 0.3) is 0 Å². The summed E-state index contributed by atoms with van der Waals surface area (Å²) in [6.45, 7) is 5.04. The van der Waals surface area contributed by atoms with Crippen LogP contribution in [0.15, 0.2) is 25.3 Å². The fourth-order valence-corrected chi connectivity index (χ4v) is 4.25. The Morgan fingerprint density at radius 2 is 1.15 bits per heavy atom. The molecule has 0 aromatic rings. The summed E-state index contributed by atoms with van der Waals surface area (Å²) in [4.78, 5) is 0. The maximum absolute atomic E-state index is 10.3. The summed E-state index contributed by atoms with van der Waals surface area (Å²) in [7, 11) is 0. The lowest BCUT2D eigenvalue weighted by Crippen LogP contribution is -2.63. The number of rotatable bonds is 12. The molecule has 0 radical (unpaired) electrons. The van der Waals surface area contributed by atoms with Crippen LogP contribution in [-0.2, 0) is 28.4 Å². The highest BCUT2D eigenvalue weighted by molar-refractivity contribution is 4.98. The van der Waals surface area contributed by atoms with Crippen molar-refractivity contribution in [1.82, 2.24) is 0 Å². The van der Waals surface area contributed by atoms with Gasteiger partial charge in [-0.2, -0.15) is 0 Å². The summed E-state index contributed by atoms with van der Waals surface area (Å²) in [6.07, 6.45) is -18.3. The predicted octanol–water partition coefficient (Wildman–Crippen LogP) is -6.20. The molecule has 0 aromatic heterocycles. The van der Waals surface area contributed by atoms with Gasteiger partial charge in [-0.1, -0.05) is 12.2 Å². The Morgan fingerprint density at radius 3 is 1.63 bits per heavy atom. The second kappa shape index (κ2) is 16.6. The van der Waals surface area contributed by atoms with Crippen LogP contribution in [-0.4, -0.2) is 181 Å². The number of ether oxygens (including phenoxy) is 6. The van der Waals surface area contributed by atoms with E-state index in [2.05, 4.69) is 13.2 Å². The molecule has 17 nitrogen and oxygen atoms in total. The maximum Gasteiger partial charge on any atom is 0.224 e. The molecular weight excluding hydrogens is 560 g/mol. The average Bonchev–Trinajstić information content (AvgIpc) is 3.22. The molecule has 0 bridgehead atoms. The second-order valence-electron chi connectivity index (χ2n) is 9.52. The minimum atomic E-state index is -2.36. The summed E-state index contributed by atoms with van der Waals surface area (Å²) in [5.41, 5.74) is 0. The van der Waals surface area contributed by atoms with Crippen molar-refractivity contribution in [3.05, 3.63) is 25.3 Å². The van der Waals surface area contributed by atoms with Gasteiger partial charge < -0.3 is 84.6 Å². The SMILES string of the molecule is C=CCOCC=C.OC[C@H]1O[C@H](OC[C@H]2O[C@H](O[C@]3(CO)O[C@H](CO)[C@@H](O)[C@@H]3O)[C@H](O)[C@@H](O)[C@@H]2O)[C@H](O)[C@@H](O)[C@H]1O. The molecule has 240 valence electrons. The molecule has 14 atom stereocenters. The first-order chi connectivity index (χ1) is 19.4. The van der Waals surface area contributed by atoms with Crippen molar-refractivity contribution >= 4 is 0 Å². The monoisotopic (exact) mass is 602 g/mol. The normalized spacial score (nSPS) is 44.6. The lowest BCUT2D eigenvalue weighted by atomic mass is 9.98. The number of hydrogen-bond donors (Lipinski definition) is 11. The molecule has 41 heavy (non-hydrogen) atoms. The van der Waals surface area contributed by atoms with E-state index in [1.807, 2.05) is 0 Å². The lowest BCUT2D eigenvalue weighted by Gasteiger charge is -2.44. The van der Waals surface area contributed by atoms with Crippen LogP contribution in [0.5, 0.6) is 0 Å². The van der Waals surface area contributed by atoms with Crippen molar-refractivity contribution in [2.45, 2.75) is 85.5 Å². The van der Waals surface area contributed by atoms with Crippen molar-refractivity contribution in [2.24, 2.45) is 0 Å². The Morgan fingerprint density at radius 1 is 0.634 bits per heavy atom. The fraction of sp³-hybridized carbons (Fsp3) is 0.833. The number of aliphatic hydroxyl groups is 11. The highest BCUT2D eigenvalue weighted by Crippen LogP contribution is 2.36. The smallest absolute Gasteiger partial charge is 0.224 e. The molecule has 3 aliphatic rings. The average molecular weight is 603 g/mol. The fourth-order valence-electron chi connectivity index (χ4n) is 4.25. The molecule has 0 aromatic carbocycles. The minimum Gasteiger partial charge on any atom is -0.394 e. The Kier molecular flexibility index (Phi) is 14.6. The van der Waals surface area contributed by atoms with Gasteiger partial charge >= 0.3 is 0 Å². The van der Waals surface area contributed by atoms with E-state index in [1.54, 1.807) is 12.2 Å². The van der Waals surface area contributed by atoms with Crippen molar-refractivity contribution < 1.29 is 84.6 Å². The van der Waals surface area contributed by atoms with Crippen LogP contribution in [0.4, 0.5) is 0 Å². The van der Waals surface area contributed by atoms with E-state index in [4.69, 9.17) is 28.4 Å². The van der Waals surface area contributed by atoms with Gasteiger partial charge in [0.05, 0.1) is 33.0 Å². The van der Waals surface area contributed by atoms with Gasteiger partial charge in [0, 0.05) is 0 Å². The van der Waals surface area contributed by atoms with Crippen LogP contribution in [0.2, 0.25) is 0 Å². The molecule has 3 saturated heterocycles. The zero-order chi connectivity index (χ0) is 30.9. The van der Waals surface area contributed by atoms with E-state index in [1.165, 1.54) is 0 Å². The molecule has 3 heterocycles. The zero-order valence-corrected chi connectivity index (χ0v) is 22.2. The molecule has 11 N–H and O–H groups in total. The minimum absolute atomic E-state index is 0.617. The maximum atomic E-state index is 10.3. The van der Waals surface area contributed by atoms with Crippen LogP contribution >= 0.6 is 0 Å². The van der Waals surface area contributed by atoms with Crippen LogP contribution < -0.4 is 0 Å². The quantitative estimate of drug-likeness (QED) is 0.0732. The second-order valence-corrected chi connectivity index (χ2v) is 9.52. The van der Waals surface area contributed by atoms with Gasteiger partial charge in [-0.05, 0) is 0 Å². The predicted molar refractivity (Wildman–Crippen MR) is 132 cm³/mol. The van der Waals surface area contributed by atoms with E-state index in [0.29, 0.717) is 13.2 Å². The Hall–Kier alpha value is -1.20. The molecule has 0 saturated carbocycles. The standard InChI is InChI=1S/C18H32O16.C6H10O/c19-1-5-8(22)11(25)13(27)16(31-5)30-3-7-9(23)12(26)14(28)17(32-7)34-18(4-21)15(29)10(24)6(2-20)33-18;1-3-5-7-6-4-2/h5-17,19-29H,1-4H2;3-4H,1-2,5-6H2/t5-,6-,7-,8+,9-,10-,11+,12+,13-,14-,15+,16+,17-,18+;/m1./s1. The van der Waals surface area contributed by atoms with Crippen molar-refractivity contribution in [1.29, 1.82) is 0 Å². The van der Waals surface area contributed by atoms with Gasteiger partial charge in [-0.3, -0.25) is 0 Å². The van der Waals surface area contributed by atoms with Crippen LogP contribution in [0, 0.1) is 0 Å². The van der Waals surface area contributed by atoms with E-state index in [0.717, 1.165) is 0 Å². The first-order valence-corrected chi connectivity index (χ1v) is 12.8. The number of aliphatic hydroxyl groups excluding tert-OH is 11. The van der Waals surface area contributed by atoms with Gasteiger partial charge in [0.25, 0.3) is 0 Å². The molecule has 0 spiro atoms. The molecule has 0 aliphatic carbocycles. The highest BCUT2D eigenvalue weighted by atomic mass is 16.8. The van der Waals surface area contributed by atoms with Gasteiger partial charge in [0.2, 0.25) is 5.79 Å². The first kappa shape index (κ1) is 36.0. The summed E-state index contributed by atoms with van der Waals surface area (Å²) in [5.74, 6) is -2.36. The van der Waals surface area contributed by atoms with Gasteiger partial charge in [-0.15, -0.1) is 13.2 Å². The van der Waals surface area contributed by atoms with E-state index in [-0.39, 0.29) is 0 Å². The summed E-state index contributed by atoms with van der Waals surface area (Å²) in [5, 5.41) is 109. The third-order valence-corrected chi connectivity index (χ3v) is 6.63. The molecule has 0 amide bonds. The molecule has 0 unspecified atom stereocenters. The van der Waals surface area contributed by atoms with E-state index < -0.39 is 112 Å². The topological polar surface area (TPSA) is 278 Å². The van der Waals surface area contributed by atoms with Crippen molar-refractivity contribution in [2.75, 3.05) is 39.6 Å². The lowest BCUT2D eigenvalue weighted by molar-refractivity contribution is -0.388. The van der Waals surface area contributed by atoms with E-state index >= 15 is 0 Å². The van der Waals surface area contributed by atoms with Gasteiger partial charge in [-0.25, -0.2) is 0 Å². The zero-order valence-electron chi connectivity index (χ0n) is 22.2. The van der Waals surface area contributed by atoms with Crippen LogP contribution in [0.3, 0.4) is 0 Å². The number of hydrogen-bond acceptors (Lipinski definition) is 17. The highest BCUT2D eigenvalue weighted by Gasteiger charge is 2.58. The molecule has 3 rings (SSSR count). The molecule has 17 heteroatoms. The summed E-state index contributed by atoms with van der Waals surface area (Å²) >= 11 is 0. The summed E-state index contributed by atoms with van der Waals surface area (Å²) in [6, 6.07) is 0. The summed E-state index contributed by atoms with van der Waals surface area (Å²) < 4.78 is 31.3. The van der Waals surface area contributed by atoms with Gasteiger partial charge in [0.1, 0.15) is 73.8 Å². The molecular formula is C24H42O17. The Bertz CT molecular complexity index is 779. The van der Waals surface area contributed by atoms with Crippen molar-refractivity contribution in [3.63, 3.8) is 0 Å². The third kappa shape index (κ3) is 8.46. The third-order valence-electron chi connectivity index (χ3n) is 6.63. The van der Waals surface area contributed by atoms with Crippen LogP contribution in [0.1, 0.15) is 0 Å². The van der Waals surface area contributed by atoms with Gasteiger partial charge in [0.15, 0.2) is 12.6 Å². The Balaban J connectivity index is 0.000000745. The molecule has 3 fully saturated rings.